The molecule has 1 aliphatic rings. The fourth-order valence-electron chi connectivity index (χ4n) is 3.46. The van der Waals surface area contributed by atoms with Crippen molar-refractivity contribution < 1.29 is 0 Å². The van der Waals surface area contributed by atoms with E-state index in [-0.39, 0.29) is 0 Å². The number of aryl methyl sites for hydroxylation is 2. The molecule has 0 saturated carbocycles. The Morgan fingerprint density at radius 2 is 2.11 bits per heavy atom. The summed E-state index contributed by atoms with van der Waals surface area (Å²) < 4.78 is 0. The van der Waals surface area contributed by atoms with E-state index < -0.39 is 0 Å². The van der Waals surface area contributed by atoms with E-state index in [0.717, 1.165) is 6.54 Å². The number of hydrogen-bond acceptors (Lipinski definition) is 2. The van der Waals surface area contributed by atoms with Crippen LogP contribution in [0.1, 0.15) is 48.9 Å². The number of rotatable bonds is 4. The second kappa shape index (κ2) is 6.53. The van der Waals surface area contributed by atoms with E-state index >= 15 is 0 Å². The van der Waals surface area contributed by atoms with Crippen LogP contribution in [0.5, 0.6) is 0 Å². The molecule has 0 aliphatic carbocycles. The quantitative estimate of drug-likeness (QED) is 0.892. The van der Waals surface area contributed by atoms with Crippen molar-refractivity contribution >= 4 is 0 Å². The summed E-state index contributed by atoms with van der Waals surface area (Å²) in [4.78, 5) is 2.69. The molecule has 19 heavy (non-hydrogen) atoms. The molecule has 2 nitrogen and oxygen atoms in total. The Morgan fingerprint density at radius 3 is 2.79 bits per heavy atom. The van der Waals surface area contributed by atoms with E-state index in [1.807, 2.05) is 0 Å². The van der Waals surface area contributed by atoms with Crippen molar-refractivity contribution in [2.24, 2.45) is 0 Å². The second-order valence-corrected chi connectivity index (χ2v) is 5.98. The van der Waals surface area contributed by atoms with Crippen molar-refractivity contribution in [1.29, 1.82) is 0 Å². The average Bonchev–Trinajstić information content (AvgIpc) is 2.39. The van der Waals surface area contributed by atoms with E-state index in [1.165, 1.54) is 42.5 Å². The van der Waals surface area contributed by atoms with Gasteiger partial charge >= 0.3 is 0 Å². The monoisotopic (exact) mass is 260 g/mol. The highest BCUT2D eigenvalue weighted by Gasteiger charge is 2.27. The summed E-state index contributed by atoms with van der Waals surface area (Å²) in [6, 6.07) is 8.09. The number of benzene rings is 1. The van der Waals surface area contributed by atoms with Crippen molar-refractivity contribution in [3.63, 3.8) is 0 Å². The minimum Gasteiger partial charge on any atom is -0.318 e. The summed E-state index contributed by atoms with van der Waals surface area (Å²) in [6.45, 7) is 9.13. The highest BCUT2D eigenvalue weighted by molar-refractivity contribution is 5.32. The van der Waals surface area contributed by atoms with E-state index in [0.29, 0.717) is 12.1 Å². The lowest BCUT2D eigenvalue weighted by Gasteiger charge is -2.40. The Bertz CT molecular complexity index is 412. The first kappa shape index (κ1) is 14.5. The van der Waals surface area contributed by atoms with Crippen molar-refractivity contribution in [3.8, 4) is 0 Å². The molecule has 0 aromatic heterocycles. The Labute approximate surface area is 118 Å². The molecule has 1 heterocycles. The van der Waals surface area contributed by atoms with Crippen LogP contribution in [0.4, 0.5) is 0 Å². The normalized spacial score (nSPS) is 22.4. The highest BCUT2D eigenvalue weighted by atomic mass is 15.2. The average molecular weight is 260 g/mol. The fraction of sp³-hybridized carbons (Fsp3) is 0.647. The Morgan fingerprint density at radius 1 is 1.32 bits per heavy atom. The molecule has 2 rings (SSSR count). The van der Waals surface area contributed by atoms with Gasteiger partial charge in [0.1, 0.15) is 0 Å². The maximum Gasteiger partial charge on any atom is 0.0325 e. The molecule has 0 amide bonds. The van der Waals surface area contributed by atoms with Gasteiger partial charge in [-0.25, -0.2) is 0 Å². The third-order valence-corrected chi connectivity index (χ3v) is 4.49. The number of nitrogens with zero attached hydrogens (tertiary/aromatic N) is 1. The molecule has 106 valence electrons. The molecule has 2 atom stereocenters. The van der Waals surface area contributed by atoms with Crippen LogP contribution in [-0.2, 0) is 0 Å². The summed E-state index contributed by atoms with van der Waals surface area (Å²) in [5.41, 5.74) is 4.29. The van der Waals surface area contributed by atoms with Crippen LogP contribution in [0.3, 0.4) is 0 Å². The number of hydrogen-bond donors (Lipinski definition) is 1. The highest BCUT2D eigenvalue weighted by Crippen LogP contribution is 2.30. The summed E-state index contributed by atoms with van der Waals surface area (Å²) in [5, 5.41) is 3.36. The second-order valence-electron chi connectivity index (χ2n) is 5.98. The number of likely N-dealkylation sites (tertiary alicyclic amines) is 1. The van der Waals surface area contributed by atoms with Crippen LogP contribution < -0.4 is 5.32 Å². The lowest BCUT2D eigenvalue weighted by atomic mass is 9.94. The van der Waals surface area contributed by atoms with Gasteiger partial charge in [0.05, 0.1) is 0 Å². The molecule has 0 spiro atoms. The predicted octanol–water partition coefficient (Wildman–Crippen LogP) is 3.44. The fourth-order valence-corrected chi connectivity index (χ4v) is 3.46. The van der Waals surface area contributed by atoms with Gasteiger partial charge in [-0.05, 0) is 58.3 Å². The minimum absolute atomic E-state index is 0.527. The minimum atomic E-state index is 0.527. The predicted molar refractivity (Wildman–Crippen MR) is 82.6 cm³/mol. The lowest BCUT2D eigenvalue weighted by Crippen LogP contribution is -2.46. The van der Waals surface area contributed by atoms with Gasteiger partial charge in [0.15, 0.2) is 0 Å². The molecular weight excluding hydrogens is 232 g/mol. The van der Waals surface area contributed by atoms with Gasteiger partial charge in [0, 0.05) is 18.6 Å². The number of piperidine rings is 1. The molecular formula is C17H28N2. The first-order chi connectivity index (χ1) is 9.13. The van der Waals surface area contributed by atoms with Crippen LogP contribution in [0.25, 0.3) is 0 Å². The molecule has 1 aromatic rings. The van der Waals surface area contributed by atoms with Crippen LogP contribution in [0, 0.1) is 13.8 Å². The van der Waals surface area contributed by atoms with Crippen molar-refractivity contribution in [2.75, 3.05) is 20.1 Å². The van der Waals surface area contributed by atoms with Crippen LogP contribution in [0.2, 0.25) is 0 Å². The summed E-state index contributed by atoms with van der Waals surface area (Å²) >= 11 is 0. The van der Waals surface area contributed by atoms with Crippen molar-refractivity contribution in [1.82, 2.24) is 10.2 Å². The lowest BCUT2D eigenvalue weighted by molar-refractivity contribution is 0.103. The molecule has 2 heteroatoms. The van der Waals surface area contributed by atoms with E-state index in [9.17, 15) is 0 Å². The molecule has 2 unspecified atom stereocenters. The summed E-state index contributed by atoms with van der Waals surface area (Å²) in [7, 11) is 2.06. The van der Waals surface area contributed by atoms with Crippen LogP contribution in [0.15, 0.2) is 18.2 Å². The molecule has 1 fully saturated rings. The SMILES string of the molecule is CNCC1CCCCN1C(C)c1ccc(C)cc1C. The van der Waals surface area contributed by atoms with Gasteiger partial charge in [-0.3, -0.25) is 4.90 Å². The Balaban J connectivity index is 2.18. The maximum atomic E-state index is 3.36. The van der Waals surface area contributed by atoms with E-state index in [2.05, 4.69) is 56.2 Å². The molecule has 0 bridgehead atoms. The van der Waals surface area contributed by atoms with Gasteiger partial charge in [0.25, 0.3) is 0 Å². The topological polar surface area (TPSA) is 15.3 Å². The van der Waals surface area contributed by atoms with Gasteiger partial charge in [-0.15, -0.1) is 0 Å². The molecule has 1 saturated heterocycles. The Kier molecular flexibility index (Phi) is 5.00. The standard InChI is InChI=1S/C17H28N2/c1-13-8-9-17(14(2)11-13)15(3)19-10-6-5-7-16(19)12-18-4/h8-9,11,15-16,18H,5-7,10,12H2,1-4H3. The molecule has 1 aromatic carbocycles. The maximum absolute atomic E-state index is 3.36. The van der Waals surface area contributed by atoms with Crippen molar-refractivity contribution in [3.05, 3.63) is 34.9 Å². The third kappa shape index (κ3) is 3.37. The zero-order chi connectivity index (χ0) is 13.8. The first-order valence-corrected chi connectivity index (χ1v) is 7.61. The Hall–Kier alpha value is -0.860. The first-order valence-electron chi connectivity index (χ1n) is 7.61. The van der Waals surface area contributed by atoms with Crippen LogP contribution in [-0.4, -0.2) is 31.1 Å². The van der Waals surface area contributed by atoms with Crippen LogP contribution >= 0.6 is 0 Å². The molecule has 1 N–H and O–H groups in total. The zero-order valence-corrected chi connectivity index (χ0v) is 12.9. The largest absolute Gasteiger partial charge is 0.318 e. The van der Waals surface area contributed by atoms with Crippen molar-refractivity contribution in [2.45, 2.75) is 52.1 Å². The van der Waals surface area contributed by atoms with Gasteiger partial charge in [0.2, 0.25) is 0 Å². The molecule has 0 radical (unpaired) electrons. The zero-order valence-electron chi connectivity index (χ0n) is 12.9. The third-order valence-electron chi connectivity index (χ3n) is 4.49. The smallest absolute Gasteiger partial charge is 0.0325 e. The summed E-state index contributed by atoms with van der Waals surface area (Å²) in [6.07, 6.45) is 4.05. The van der Waals surface area contributed by atoms with E-state index in [1.54, 1.807) is 0 Å². The number of nitrogens with one attached hydrogen (secondary N) is 1. The number of likely N-dealkylation sites (N-methyl/N-ethyl adjacent to an activating group) is 1. The van der Waals surface area contributed by atoms with Gasteiger partial charge in [-0.2, -0.15) is 0 Å². The molecule has 1 aliphatic heterocycles. The summed E-state index contributed by atoms with van der Waals surface area (Å²) in [5.74, 6) is 0. The van der Waals surface area contributed by atoms with E-state index in [4.69, 9.17) is 0 Å². The van der Waals surface area contributed by atoms with Gasteiger partial charge in [-0.1, -0.05) is 30.2 Å². The van der Waals surface area contributed by atoms with Gasteiger partial charge < -0.3 is 5.32 Å².